The average molecular weight is 367 g/mol. The second kappa shape index (κ2) is 6.61. The van der Waals surface area contributed by atoms with Crippen molar-refractivity contribution in [2.24, 2.45) is 11.7 Å². The Hall–Kier alpha value is -3.02. The van der Waals surface area contributed by atoms with Gasteiger partial charge in [0.1, 0.15) is 11.8 Å². The molecule has 3 heterocycles. The van der Waals surface area contributed by atoms with Gasteiger partial charge in [-0.25, -0.2) is 5.43 Å². The minimum Gasteiger partial charge on any atom is -0.494 e. The third-order valence-electron chi connectivity index (χ3n) is 5.21. The molecule has 0 bridgehead atoms. The number of nitriles is 1. The van der Waals surface area contributed by atoms with Crippen LogP contribution in [0.2, 0.25) is 0 Å². The Morgan fingerprint density at radius 1 is 1.33 bits per heavy atom. The van der Waals surface area contributed by atoms with E-state index in [1.54, 1.807) is 0 Å². The van der Waals surface area contributed by atoms with Crippen molar-refractivity contribution in [2.75, 3.05) is 6.61 Å². The fraction of sp³-hybridized carbons (Fsp3) is 0.368. The van der Waals surface area contributed by atoms with Gasteiger partial charge in [0.15, 0.2) is 6.23 Å². The van der Waals surface area contributed by atoms with Gasteiger partial charge in [-0.1, -0.05) is 0 Å². The van der Waals surface area contributed by atoms with Crippen LogP contribution in [0, 0.1) is 17.2 Å². The van der Waals surface area contributed by atoms with Crippen LogP contribution in [0.5, 0.6) is 5.75 Å². The molecule has 5 N–H and O–H groups in total. The molecule has 1 saturated heterocycles. The van der Waals surface area contributed by atoms with Crippen molar-refractivity contribution >= 4 is 10.9 Å². The zero-order valence-electron chi connectivity index (χ0n) is 15.1. The number of aromatic nitrogens is 1. The summed E-state index contributed by atoms with van der Waals surface area (Å²) in [7, 11) is 0. The van der Waals surface area contributed by atoms with E-state index < -0.39 is 12.1 Å². The smallest absolute Gasteiger partial charge is 0.252 e. The molecule has 4 rings (SSSR count). The van der Waals surface area contributed by atoms with Crippen molar-refractivity contribution in [3.8, 4) is 11.8 Å². The Morgan fingerprint density at radius 3 is 2.89 bits per heavy atom. The summed E-state index contributed by atoms with van der Waals surface area (Å²) < 4.78 is 11.2. The molecule has 0 amide bonds. The van der Waals surface area contributed by atoms with Crippen LogP contribution in [0.1, 0.15) is 25.3 Å². The molecule has 2 aliphatic rings. The number of rotatable bonds is 3. The fourth-order valence-electron chi connectivity index (χ4n) is 3.96. The lowest BCUT2D eigenvalue weighted by Crippen LogP contribution is -2.42. The second-order valence-electron chi connectivity index (χ2n) is 6.80. The van der Waals surface area contributed by atoms with Gasteiger partial charge in [0.25, 0.3) is 5.56 Å². The highest BCUT2D eigenvalue weighted by Crippen LogP contribution is 2.42. The average Bonchev–Trinajstić information content (AvgIpc) is 3.01. The first-order chi connectivity index (χ1) is 13.0. The number of H-pyrrole nitrogens is 1. The van der Waals surface area contributed by atoms with E-state index in [1.165, 1.54) is 0 Å². The summed E-state index contributed by atoms with van der Waals surface area (Å²) in [5.41, 5.74) is 13.4. The van der Waals surface area contributed by atoms with E-state index in [0.29, 0.717) is 17.7 Å². The van der Waals surface area contributed by atoms with E-state index in [1.807, 2.05) is 38.1 Å². The SMILES string of the molecule is CCOc1ccc2[nH]c(=O)c(C3C(C#N)=C(N)OC4NNC(C)C43)cc2c1. The summed E-state index contributed by atoms with van der Waals surface area (Å²) in [6.07, 6.45) is -0.410. The molecule has 140 valence electrons. The van der Waals surface area contributed by atoms with E-state index in [-0.39, 0.29) is 29.0 Å². The summed E-state index contributed by atoms with van der Waals surface area (Å²) in [6.45, 7) is 4.45. The lowest BCUT2D eigenvalue weighted by Gasteiger charge is -2.34. The number of nitrogens with zero attached hydrogens (tertiary/aromatic N) is 1. The Bertz CT molecular complexity index is 1020. The predicted molar refractivity (Wildman–Crippen MR) is 99.4 cm³/mol. The van der Waals surface area contributed by atoms with Crippen LogP contribution >= 0.6 is 0 Å². The molecular weight excluding hydrogens is 346 g/mol. The van der Waals surface area contributed by atoms with Gasteiger partial charge >= 0.3 is 0 Å². The molecular formula is C19H21N5O3. The molecule has 27 heavy (non-hydrogen) atoms. The molecule has 4 atom stereocenters. The van der Waals surface area contributed by atoms with E-state index in [0.717, 1.165) is 11.1 Å². The molecule has 8 heteroatoms. The lowest BCUT2D eigenvalue weighted by molar-refractivity contribution is 0.0349. The summed E-state index contributed by atoms with van der Waals surface area (Å²) in [4.78, 5) is 15.8. The van der Waals surface area contributed by atoms with Crippen LogP contribution < -0.4 is 26.9 Å². The fourth-order valence-corrected chi connectivity index (χ4v) is 3.96. The maximum atomic E-state index is 12.9. The van der Waals surface area contributed by atoms with Gasteiger partial charge in [-0.05, 0) is 38.1 Å². The maximum Gasteiger partial charge on any atom is 0.252 e. The first kappa shape index (κ1) is 17.4. The lowest BCUT2D eigenvalue weighted by atomic mass is 9.76. The minimum absolute atomic E-state index is 0.0127. The van der Waals surface area contributed by atoms with Gasteiger partial charge in [-0.3, -0.25) is 10.2 Å². The predicted octanol–water partition coefficient (Wildman–Crippen LogP) is 1.17. The molecule has 1 aromatic carbocycles. The van der Waals surface area contributed by atoms with Crippen LogP contribution in [0.25, 0.3) is 10.9 Å². The third kappa shape index (κ3) is 2.81. The molecule has 0 spiro atoms. The van der Waals surface area contributed by atoms with Gasteiger partial charge in [-0.15, -0.1) is 0 Å². The van der Waals surface area contributed by atoms with Crippen molar-refractivity contribution in [2.45, 2.75) is 32.0 Å². The largest absolute Gasteiger partial charge is 0.494 e. The number of nitrogens with two attached hydrogens (primary N) is 1. The van der Waals surface area contributed by atoms with Crippen LogP contribution in [0.4, 0.5) is 0 Å². The van der Waals surface area contributed by atoms with Gasteiger partial charge < -0.3 is 20.2 Å². The molecule has 8 nitrogen and oxygen atoms in total. The number of ether oxygens (including phenoxy) is 2. The van der Waals surface area contributed by atoms with Crippen LogP contribution in [-0.4, -0.2) is 23.9 Å². The molecule has 0 aliphatic carbocycles. The van der Waals surface area contributed by atoms with Crippen LogP contribution in [0.15, 0.2) is 40.5 Å². The second-order valence-corrected chi connectivity index (χ2v) is 6.80. The highest BCUT2D eigenvalue weighted by atomic mass is 16.5. The van der Waals surface area contributed by atoms with Crippen molar-refractivity contribution < 1.29 is 9.47 Å². The standard InChI is InChI=1S/C19H21N5O3/c1-3-26-11-4-5-14-10(6-11)7-12(18(25)22-14)16-13(8-20)17(21)27-19-15(16)9(2)23-24-19/h4-7,9,15-16,19,23-24H,3,21H2,1-2H3,(H,22,25). The zero-order chi connectivity index (χ0) is 19.1. The Kier molecular flexibility index (Phi) is 4.26. The molecule has 4 unspecified atom stereocenters. The third-order valence-corrected chi connectivity index (χ3v) is 5.21. The van der Waals surface area contributed by atoms with E-state index >= 15 is 0 Å². The van der Waals surface area contributed by atoms with Crippen molar-refractivity contribution in [1.29, 1.82) is 5.26 Å². The molecule has 1 fully saturated rings. The first-order valence-corrected chi connectivity index (χ1v) is 8.90. The molecule has 0 radical (unpaired) electrons. The number of benzene rings is 1. The number of hydrogen-bond donors (Lipinski definition) is 4. The zero-order valence-corrected chi connectivity index (χ0v) is 15.1. The Balaban J connectivity index is 1.90. The number of hydrazine groups is 1. The number of aromatic amines is 1. The van der Waals surface area contributed by atoms with Crippen LogP contribution in [0.3, 0.4) is 0 Å². The van der Waals surface area contributed by atoms with Crippen molar-refractivity contribution in [3.05, 3.63) is 51.6 Å². The van der Waals surface area contributed by atoms with Crippen molar-refractivity contribution in [1.82, 2.24) is 15.8 Å². The summed E-state index contributed by atoms with van der Waals surface area (Å²) >= 11 is 0. The quantitative estimate of drug-likeness (QED) is 0.642. The monoisotopic (exact) mass is 367 g/mol. The van der Waals surface area contributed by atoms with E-state index in [4.69, 9.17) is 15.2 Å². The van der Waals surface area contributed by atoms with E-state index in [9.17, 15) is 10.1 Å². The number of allylic oxidation sites excluding steroid dienone is 1. The number of hydrogen-bond acceptors (Lipinski definition) is 7. The molecule has 2 aliphatic heterocycles. The maximum absolute atomic E-state index is 12.9. The van der Waals surface area contributed by atoms with Gasteiger partial charge in [-0.2, -0.15) is 5.26 Å². The number of nitrogens with one attached hydrogen (secondary N) is 3. The summed E-state index contributed by atoms with van der Waals surface area (Å²) in [5, 5.41) is 10.5. The highest BCUT2D eigenvalue weighted by molar-refractivity contribution is 5.81. The highest BCUT2D eigenvalue weighted by Gasteiger charge is 2.47. The molecule has 0 saturated carbocycles. The van der Waals surface area contributed by atoms with Crippen LogP contribution in [-0.2, 0) is 4.74 Å². The summed E-state index contributed by atoms with van der Waals surface area (Å²) in [6, 6.07) is 9.45. The Labute approximate surface area is 155 Å². The normalized spacial score (nSPS) is 27.1. The van der Waals surface area contributed by atoms with Gasteiger partial charge in [0, 0.05) is 34.3 Å². The van der Waals surface area contributed by atoms with Gasteiger partial charge in [0.2, 0.25) is 5.88 Å². The topological polar surface area (TPSA) is 125 Å². The summed E-state index contributed by atoms with van der Waals surface area (Å²) in [5.74, 6) is 0.145. The number of pyridine rings is 1. The molecule has 1 aromatic heterocycles. The number of fused-ring (bicyclic) bond motifs is 2. The van der Waals surface area contributed by atoms with Gasteiger partial charge in [0.05, 0.1) is 12.2 Å². The Morgan fingerprint density at radius 2 is 2.15 bits per heavy atom. The van der Waals surface area contributed by atoms with Crippen molar-refractivity contribution in [3.63, 3.8) is 0 Å². The first-order valence-electron chi connectivity index (χ1n) is 8.90. The van der Waals surface area contributed by atoms with E-state index in [2.05, 4.69) is 21.9 Å². The minimum atomic E-state index is -0.477. The molecule has 2 aromatic rings.